The normalized spacial score (nSPS) is 14.9. The summed E-state index contributed by atoms with van der Waals surface area (Å²) in [6, 6.07) is 13.9. The van der Waals surface area contributed by atoms with Crippen LogP contribution in [0.3, 0.4) is 0 Å². The summed E-state index contributed by atoms with van der Waals surface area (Å²) in [6.45, 7) is 7.54. The molecule has 0 aliphatic carbocycles. The largest absolute Gasteiger partial charge is 0.497 e. The molecule has 0 radical (unpaired) electrons. The maximum atomic E-state index is 13.0. The van der Waals surface area contributed by atoms with E-state index in [0.717, 1.165) is 0 Å². The van der Waals surface area contributed by atoms with Gasteiger partial charge < -0.3 is 24.8 Å². The molecule has 8 heteroatoms. The third-order valence-electron chi connectivity index (χ3n) is 4.87. The molecule has 1 saturated heterocycles. The molecule has 2 N–H and O–H groups in total. The van der Waals surface area contributed by atoms with Gasteiger partial charge in [0, 0.05) is 5.69 Å². The van der Waals surface area contributed by atoms with Crippen molar-refractivity contribution in [1.82, 2.24) is 5.32 Å². The highest BCUT2D eigenvalue weighted by Crippen LogP contribution is 2.20. The number of ether oxygens (including phenoxy) is 3. The highest BCUT2D eigenvalue weighted by atomic mass is 28.3. The second kappa shape index (κ2) is 9.31. The number of rotatable bonds is 7. The van der Waals surface area contributed by atoms with Crippen LogP contribution in [0.1, 0.15) is 11.6 Å². The highest BCUT2D eigenvalue weighted by Gasteiger charge is 2.28. The lowest BCUT2D eigenvalue weighted by molar-refractivity contribution is -0.119. The standard InChI is InChI=1S/C22H28N2O5Si/c1-27-17-9-5-15(6-10-17)20(24-22(26)29-18-13-28-14-18)21(25)23-16-7-11-19(12-8-16)30(2,3)4/h5-12,18,20H,13-14H2,1-4H3,(H,23,25)(H,24,26). The molecule has 30 heavy (non-hydrogen) atoms. The fraction of sp³-hybridized carbons (Fsp3) is 0.364. The molecule has 1 aliphatic rings. The number of carbonyl (C=O) groups is 2. The van der Waals surface area contributed by atoms with Crippen LogP contribution >= 0.6 is 0 Å². The lowest BCUT2D eigenvalue weighted by Gasteiger charge is -2.27. The summed E-state index contributed by atoms with van der Waals surface area (Å²) in [5, 5.41) is 6.85. The van der Waals surface area contributed by atoms with Gasteiger partial charge >= 0.3 is 6.09 Å². The summed E-state index contributed by atoms with van der Waals surface area (Å²) >= 11 is 0. The molecule has 0 bridgehead atoms. The summed E-state index contributed by atoms with van der Waals surface area (Å²) in [5.41, 5.74) is 1.29. The van der Waals surface area contributed by atoms with Crippen molar-refractivity contribution < 1.29 is 23.8 Å². The number of benzene rings is 2. The van der Waals surface area contributed by atoms with E-state index in [-0.39, 0.29) is 12.0 Å². The van der Waals surface area contributed by atoms with Crippen molar-refractivity contribution in [3.8, 4) is 5.75 Å². The fourth-order valence-electron chi connectivity index (χ4n) is 2.95. The number of methoxy groups -OCH3 is 1. The summed E-state index contributed by atoms with van der Waals surface area (Å²) in [4.78, 5) is 25.3. The fourth-order valence-corrected chi connectivity index (χ4v) is 4.12. The van der Waals surface area contributed by atoms with E-state index in [2.05, 4.69) is 30.3 Å². The molecule has 160 valence electrons. The van der Waals surface area contributed by atoms with Crippen LogP contribution in [0.2, 0.25) is 19.6 Å². The zero-order chi connectivity index (χ0) is 21.7. The van der Waals surface area contributed by atoms with E-state index in [9.17, 15) is 9.59 Å². The van der Waals surface area contributed by atoms with Gasteiger partial charge in [0.2, 0.25) is 0 Å². The number of hydrogen-bond acceptors (Lipinski definition) is 5. The minimum atomic E-state index is -1.42. The van der Waals surface area contributed by atoms with E-state index in [1.54, 1.807) is 31.4 Å². The first kappa shape index (κ1) is 21.9. The Bertz CT molecular complexity index is 874. The van der Waals surface area contributed by atoms with Gasteiger partial charge in [0.05, 0.1) is 28.4 Å². The van der Waals surface area contributed by atoms with Crippen LogP contribution in [0, 0.1) is 0 Å². The average Bonchev–Trinajstić information content (AvgIpc) is 2.69. The Kier molecular flexibility index (Phi) is 6.79. The van der Waals surface area contributed by atoms with Crippen molar-refractivity contribution in [3.63, 3.8) is 0 Å². The predicted octanol–water partition coefficient (Wildman–Crippen LogP) is 3.05. The SMILES string of the molecule is COc1ccc(C(NC(=O)OC2COC2)C(=O)Nc2ccc([Si](C)(C)C)cc2)cc1. The Morgan fingerprint density at radius 2 is 1.67 bits per heavy atom. The van der Waals surface area contributed by atoms with Crippen LogP contribution in [0.5, 0.6) is 5.75 Å². The molecular formula is C22H28N2O5Si. The molecule has 1 aliphatic heterocycles. The van der Waals surface area contributed by atoms with Gasteiger partial charge in [-0.25, -0.2) is 4.79 Å². The Hall–Kier alpha value is -2.84. The summed E-state index contributed by atoms with van der Waals surface area (Å²) < 4.78 is 15.5. The van der Waals surface area contributed by atoms with Gasteiger partial charge in [-0.2, -0.15) is 0 Å². The lowest BCUT2D eigenvalue weighted by atomic mass is 10.1. The number of anilines is 1. The van der Waals surface area contributed by atoms with Crippen LogP contribution in [-0.4, -0.2) is 46.5 Å². The molecule has 3 rings (SSSR count). The first-order valence-corrected chi connectivity index (χ1v) is 13.4. The van der Waals surface area contributed by atoms with E-state index >= 15 is 0 Å². The molecule has 0 spiro atoms. The third-order valence-corrected chi connectivity index (χ3v) is 6.94. The maximum absolute atomic E-state index is 13.0. The minimum Gasteiger partial charge on any atom is -0.497 e. The molecule has 1 fully saturated rings. The van der Waals surface area contributed by atoms with E-state index in [0.29, 0.717) is 30.2 Å². The van der Waals surface area contributed by atoms with Crippen LogP contribution in [0.4, 0.5) is 10.5 Å². The molecule has 7 nitrogen and oxygen atoms in total. The molecule has 2 amide bonds. The zero-order valence-corrected chi connectivity index (χ0v) is 18.7. The number of alkyl carbamates (subject to hydrolysis) is 1. The van der Waals surface area contributed by atoms with Gasteiger partial charge in [-0.15, -0.1) is 0 Å². The van der Waals surface area contributed by atoms with Gasteiger partial charge in [0.1, 0.15) is 11.8 Å². The van der Waals surface area contributed by atoms with Gasteiger partial charge in [0.25, 0.3) is 5.91 Å². The van der Waals surface area contributed by atoms with Gasteiger partial charge in [-0.1, -0.05) is 49.1 Å². The quantitative estimate of drug-likeness (QED) is 0.662. The summed E-state index contributed by atoms with van der Waals surface area (Å²) in [5.74, 6) is 0.303. The van der Waals surface area contributed by atoms with Crippen molar-refractivity contribution in [3.05, 3.63) is 54.1 Å². The predicted molar refractivity (Wildman–Crippen MR) is 118 cm³/mol. The van der Waals surface area contributed by atoms with E-state index in [4.69, 9.17) is 14.2 Å². The lowest BCUT2D eigenvalue weighted by Crippen LogP contribution is -2.43. The Labute approximate surface area is 177 Å². The van der Waals surface area contributed by atoms with Crippen LogP contribution in [0.25, 0.3) is 0 Å². The Balaban J connectivity index is 1.75. The Morgan fingerprint density at radius 3 is 2.17 bits per heavy atom. The van der Waals surface area contributed by atoms with Crippen LogP contribution < -0.4 is 20.6 Å². The van der Waals surface area contributed by atoms with Gasteiger partial charge in [-0.05, 0) is 29.8 Å². The molecule has 1 unspecified atom stereocenters. The highest BCUT2D eigenvalue weighted by molar-refractivity contribution is 6.88. The molecule has 1 heterocycles. The van der Waals surface area contributed by atoms with Gasteiger partial charge in [-0.3, -0.25) is 4.79 Å². The molecule has 2 aromatic carbocycles. The topological polar surface area (TPSA) is 85.9 Å². The first-order valence-electron chi connectivity index (χ1n) is 9.86. The molecule has 0 aromatic heterocycles. The number of amides is 2. The number of hydrogen-bond donors (Lipinski definition) is 2. The van der Waals surface area contributed by atoms with E-state index in [1.807, 2.05) is 24.3 Å². The molecule has 0 saturated carbocycles. The molecular weight excluding hydrogens is 400 g/mol. The van der Waals surface area contributed by atoms with Crippen molar-refractivity contribution in [2.24, 2.45) is 0 Å². The Morgan fingerprint density at radius 1 is 1.03 bits per heavy atom. The monoisotopic (exact) mass is 428 g/mol. The summed E-state index contributed by atoms with van der Waals surface area (Å²) in [7, 11) is 0.145. The number of nitrogens with one attached hydrogen (secondary N) is 2. The van der Waals surface area contributed by atoms with Crippen molar-refractivity contribution in [1.29, 1.82) is 0 Å². The van der Waals surface area contributed by atoms with Crippen LogP contribution in [0.15, 0.2) is 48.5 Å². The second-order valence-corrected chi connectivity index (χ2v) is 13.3. The van der Waals surface area contributed by atoms with Crippen molar-refractivity contribution in [2.45, 2.75) is 31.8 Å². The van der Waals surface area contributed by atoms with Crippen molar-refractivity contribution in [2.75, 3.05) is 25.6 Å². The number of carbonyl (C=O) groups excluding carboxylic acids is 2. The second-order valence-electron chi connectivity index (χ2n) is 8.23. The first-order chi connectivity index (χ1) is 14.3. The smallest absolute Gasteiger partial charge is 0.408 e. The van der Waals surface area contributed by atoms with Crippen molar-refractivity contribution >= 4 is 30.9 Å². The van der Waals surface area contributed by atoms with Gasteiger partial charge in [0.15, 0.2) is 6.10 Å². The maximum Gasteiger partial charge on any atom is 0.408 e. The molecule has 2 aromatic rings. The summed E-state index contributed by atoms with van der Waals surface area (Å²) in [6.07, 6.45) is -0.938. The van der Waals surface area contributed by atoms with E-state index < -0.39 is 20.2 Å². The van der Waals surface area contributed by atoms with Crippen LogP contribution in [-0.2, 0) is 14.3 Å². The zero-order valence-electron chi connectivity index (χ0n) is 17.7. The molecule has 1 atom stereocenters. The average molecular weight is 429 g/mol. The third kappa shape index (κ3) is 5.61. The minimum absolute atomic E-state index is 0.279. The van der Waals surface area contributed by atoms with E-state index in [1.165, 1.54) is 5.19 Å².